The molecule has 0 aliphatic carbocycles. The van der Waals surface area contributed by atoms with Gasteiger partial charge in [-0.2, -0.15) is 5.26 Å². The van der Waals surface area contributed by atoms with Crippen LogP contribution in [0.4, 0.5) is 0 Å². The van der Waals surface area contributed by atoms with E-state index in [9.17, 15) is 0 Å². The Kier molecular flexibility index (Phi) is 3.51. The van der Waals surface area contributed by atoms with Crippen LogP contribution in [0.15, 0.2) is 12.4 Å². The zero-order chi connectivity index (χ0) is 9.68. The van der Waals surface area contributed by atoms with E-state index in [-0.39, 0.29) is 5.92 Å². The van der Waals surface area contributed by atoms with Crippen LogP contribution in [0.5, 0.6) is 0 Å². The molecule has 3 nitrogen and oxygen atoms in total. The third-order valence-electron chi connectivity index (χ3n) is 2.37. The lowest BCUT2D eigenvalue weighted by Crippen LogP contribution is -2.35. The first-order valence-corrected chi connectivity index (χ1v) is 4.71. The molecule has 1 aromatic rings. The molecule has 1 unspecified atom stereocenters. The van der Waals surface area contributed by atoms with Crippen LogP contribution in [-0.2, 0) is 6.54 Å². The number of nitriles is 1. The van der Waals surface area contributed by atoms with E-state index in [0.29, 0.717) is 0 Å². The highest BCUT2D eigenvalue weighted by Gasteiger charge is 2.08. The minimum Gasteiger partial charge on any atom is -0.248 e. The van der Waals surface area contributed by atoms with E-state index >= 15 is 0 Å². The highest BCUT2D eigenvalue weighted by molar-refractivity contribution is 4.80. The maximum atomic E-state index is 8.76. The number of nitrogens with one attached hydrogen (secondary N) is 1. The van der Waals surface area contributed by atoms with Crippen molar-refractivity contribution < 1.29 is 4.57 Å². The molecule has 70 valence electrons. The molecule has 1 N–H and O–H groups in total. The fraction of sp³-hybridized carbons (Fsp3) is 0.600. The Balaban J connectivity index is 2.44. The van der Waals surface area contributed by atoms with Gasteiger partial charge in [-0.1, -0.05) is 6.92 Å². The summed E-state index contributed by atoms with van der Waals surface area (Å²) >= 11 is 0. The van der Waals surface area contributed by atoms with Crippen LogP contribution < -0.4 is 4.57 Å². The fourth-order valence-electron chi connectivity index (χ4n) is 1.34. The van der Waals surface area contributed by atoms with Gasteiger partial charge in [0, 0.05) is 19.3 Å². The second-order valence-corrected chi connectivity index (χ2v) is 3.26. The fourth-order valence-corrected chi connectivity index (χ4v) is 1.34. The topological polar surface area (TPSA) is 43.5 Å². The van der Waals surface area contributed by atoms with E-state index in [1.807, 2.05) is 19.3 Å². The minimum absolute atomic E-state index is 0.196. The predicted molar refractivity (Wildman–Crippen MR) is 49.7 cm³/mol. The first-order valence-electron chi connectivity index (χ1n) is 4.71. The summed E-state index contributed by atoms with van der Waals surface area (Å²) in [5.74, 6) is 1.34. The van der Waals surface area contributed by atoms with Gasteiger partial charge in [0.05, 0.1) is 12.6 Å². The standard InChI is InChI=1S/C10H15N3/c1-3-10(8-11)4-6-13-7-5-12-9(13)2/h5,7,10H,3-4,6H2,1-2H3/p+1. The van der Waals surface area contributed by atoms with E-state index in [1.54, 1.807) is 0 Å². The molecular weight excluding hydrogens is 162 g/mol. The van der Waals surface area contributed by atoms with E-state index < -0.39 is 0 Å². The van der Waals surface area contributed by atoms with Gasteiger partial charge < -0.3 is 0 Å². The van der Waals surface area contributed by atoms with Crippen LogP contribution in [0.3, 0.4) is 0 Å². The van der Waals surface area contributed by atoms with Crippen LogP contribution in [-0.4, -0.2) is 4.98 Å². The minimum atomic E-state index is 0.196. The van der Waals surface area contributed by atoms with Gasteiger partial charge in [-0.25, -0.2) is 9.55 Å². The number of H-pyrrole nitrogens is 1. The number of rotatable bonds is 4. The van der Waals surface area contributed by atoms with Crippen LogP contribution in [0, 0.1) is 24.2 Å². The lowest BCUT2D eigenvalue weighted by atomic mass is 10.1. The summed E-state index contributed by atoms with van der Waals surface area (Å²) < 4.78 is 2.14. The van der Waals surface area contributed by atoms with Crippen molar-refractivity contribution in [2.24, 2.45) is 5.92 Å². The third kappa shape index (κ3) is 2.59. The molecule has 0 fully saturated rings. The summed E-state index contributed by atoms with van der Waals surface area (Å²) in [5.41, 5.74) is 0. The second kappa shape index (κ2) is 4.66. The molecule has 0 spiro atoms. The maximum Gasteiger partial charge on any atom is 0.251 e. The summed E-state index contributed by atoms with van der Waals surface area (Å²) in [5, 5.41) is 8.76. The van der Waals surface area contributed by atoms with Crippen LogP contribution in [0.1, 0.15) is 25.6 Å². The molecule has 0 saturated heterocycles. The van der Waals surface area contributed by atoms with Gasteiger partial charge in [0.1, 0.15) is 12.4 Å². The van der Waals surface area contributed by atoms with Gasteiger partial charge in [-0.05, 0) is 6.42 Å². The Morgan fingerprint density at radius 1 is 1.69 bits per heavy atom. The zero-order valence-corrected chi connectivity index (χ0v) is 8.25. The molecule has 0 radical (unpaired) electrons. The Morgan fingerprint density at radius 3 is 2.92 bits per heavy atom. The molecule has 1 atom stereocenters. The number of aromatic nitrogens is 2. The quantitative estimate of drug-likeness (QED) is 0.698. The van der Waals surface area contributed by atoms with Gasteiger partial charge >= 0.3 is 0 Å². The number of hydrogen-bond donors (Lipinski definition) is 1. The number of imidazole rings is 1. The van der Waals surface area contributed by atoms with Crippen LogP contribution in [0.2, 0.25) is 0 Å². The van der Waals surface area contributed by atoms with Crippen molar-refractivity contribution in [3.8, 4) is 6.07 Å². The number of aryl methyl sites for hydroxylation is 2. The van der Waals surface area contributed by atoms with E-state index in [2.05, 4.69) is 22.5 Å². The maximum absolute atomic E-state index is 8.76. The highest BCUT2D eigenvalue weighted by atomic mass is 15.0. The van der Waals surface area contributed by atoms with Crippen molar-refractivity contribution in [3.05, 3.63) is 18.2 Å². The Hall–Kier alpha value is -1.30. The molecule has 0 bridgehead atoms. The normalized spacial score (nSPS) is 12.4. The van der Waals surface area contributed by atoms with Crippen LogP contribution >= 0.6 is 0 Å². The summed E-state index contributed by atoms with van der Waals surface area (Å²) in [4.78, 5) is 3.11. The summed E-state index contributed by atoms with van der Waals surface area (Å²) in [7, 11) is 0. The van der Waals surface area contributed by atoms with Crippen molar-refractivity contribution in [2.75, 3.05) is 0 Å². The average molecular weight is 178 g/mol. The van der Waals surface area contributed by atoms with E-state index in [4.69, 9.17) is 5.26 Å². The third-order valence-corrected chi connectivity index (χ3v) is 2.37. The molecule has 0 amide bonds. The van der Waals surface area contributed by atoms with Crippen molar-refractivity contribution in [1.82, 2.24) is 4.98 Å². The lowest BCUT2D eigenvalue weighted by molar-refractivity contribution is -0.702. The lowest BCUT2D eigenvalue weighted by Gasteiger charge is -2.03. The molecule has 13 heavy (non-hydrogen) atoms. The van der Waals surface area contributed by atoms with E-state index in [0.717, 1.165) is 25.2 Å². The van der Waals surface area contributed by atoms with Crippen molar-refractivity contribution in [3.63, 3.8) is 0 Å². The van der Waals surface area contributed by atoms with Gasteiger partial charge in [0.15, 0.2) is 0 Å². The number of hydrogen-bond acceptors (Lipinski definition) is 1. The average Bonchev–Trinajstić information content (AvgIpc) is 2.54. The van der Waals surface area contributed by atoms with Gasteiger partial charge in [0.25, 0.3) is 5.82 Å². The molecule has 1 aromatic heterocycles. The molecule has 1 heterocycles. The number of nitrogens with zero attached hydrogens (tertiary/aromatic N) is 2. The molecule has 0 aromatic carbocycles. The first-order chi connectivity index (χ1) is 6.27. The van der Waals surface area contributed by atoms with Crippen LogP contribution in [0.25, 0.3) is 0 Å². The predicted octanol–water partition coefficient (Wildman–Crippen LogP) is 1.55. The van der Waals surface area contributed by atoms with E-state index in [1.165, 1.54) is 0 Å². The van der Waals surface area contributed by atoms with Gasteiger partial charge in [0.2, 0.25) is 0 Å². The Labute approximate surface area is 79.0 Å². The Bertz CT molecular complexity index is 295. The van der Waals surface area contributed by atoms with Crippen molar-refractivity contribution >= 4 is 0 Å². The molecular formula is C10H16N3+. The summed E-state index contributed by atoms with van der Waals surface area (Å²) in [6, 6.07) is 2.31. The summed E-state index contributed by atoms with van der Waals surface area (Å²) in [6.07, 6.45) is 5.82. The Morgan fingerprint density at radius 2 is 2.46 bits per heavy atom. The molecule has 0 saturated carbocycles. The molecule has 3 heteroatoms. The molecule has 1 rings (SSSR count). The first kappa shape index (κ1) is 9.79. The smallest absolute Gasteiger partial charge is 0.248 e. The highest BCUT2D eigenvalue weighted by Crippen LogP contribution is 2.05. The summed E-state index contributed by atoms with van der Waals surface area (Å²) in [6.45, 7) is 5.03. The largest absolute Gasteiger partial charge is 0.251 e. The molecule has 0 aliphatic heterocycles. The van der Waals surface area contributed by atoms with Gasteiger partial charge in [-0.3, -0.25) is 0 Å². The SMILES string of the molecule is CCC(C#N)CC[n+]1cc[nH]c1C. The molecule has 0 aliphatic rings. The number of aromatic amines is 1. The van der Waals surface area contributed by atoms with Gasteiger partial charge in [-0.15, -0.1) is 0 Å². The van der Waals surface area contributed by atoms with Crippen molar-refractivity contribution in [1.29, 1.82) is 5.26 Å². The van der Waals surface area contributed by atoms with Crippen molar-refractivity contribution in [2.45, 2.75) is 33.2 Å². The monoisotopic (exact) mass is 178 g/mol. The zero-order valence-electron chi connectivity index (χ0n) is 8.25. The second-order valence-electron chi connectivity index (χ2n) is 3.26.